The smallest absolute Gasteiger partial charge is 0.157 e. The van der Waals surface area contributed by atoms with Crippen LogP contribution < -0.4 is 0 Å². The van der Waals surface area contributed by atoms with E-state index in [0.29, 0.717) is 77.8 Å². The van der Waals surface area contributed by atoms with Crippen LogP contribution in [-0.2, 0) is 18.9 Å². The Morgan fingerprint density at radius 2 is 0.565 bits per heavy atom. The van der Waals surface area contributed by atoms with Crippen LogP contribution in [0.1, 0.15) is 119 Å². The first-order valence-corrected chi connectivity index (χ1v) is 21.8. The zero-order valence-corrected chi connectivity index (χ0v) is 38.2. The maximum atomic E-state index is 13.5. The molecule has 4 aliphatic rings. The van der Waals surface area contributed by atoms with Gasteiger partial charge in [-0.1, -0.05) is 91.0 Å². The van der Waals surface area contributed by atoms with Crippen LogP contribution in [0.15, 0.2) is 49.1 Å². The van der Waals surface area contributed by atoms with E-state index in [2.05, 4.69) is 6.58 Å². The van der Waals surface area contributed by atoms with Crippen molar-refractivity contribution in [2.45, 2.75) is 193 Å². The minimum absolute atomic E-state index is 0. The highest BCUT2D eigenvalue weighted by Gasteiger charge is 2.41. The molecule has 0 spiro atoms. The van der Waals surface area contributed by atoms with Crippen molar-refractivity contribution < 1.29 is 76.0 Å². The third kappa shape index (κ3) is 24.4. The Labute approximate surface area is 367 Å². The van der Waals surface area contributed by atoms with Crippen LogP contribution in [0.4, 0.5) is 35.1 Å². The van der Waals surface area contributed by atoms with Gasteiger partial charge in [-0.05, 0) is 94.3 Å². The molecule has 0 aromatic heterocycles. The number of rotatable bonds is 15. The van der Waals surface area contributed by atoms with Gasteiger partial charge in [-0.3, -0.25) is 0 Å². The molecule has 0 radical (unpaired) electrons. The van der Waals surface area contributed by atoms with Gasteiger partial charge in [0.25, 0.3) is 0 Å². The highest BCUT2D eigenvalue weighted by Crippen LogP contribution is 2.34. The largest absolute Gasteiger partial charge is 0.412 e. The molecule has 0 heterocycles. The standard InChI is InChI=1S/3C12H20F2O.C10H16F2O.4H2O/c3*1-3-4-5-8-15-10-7-6-9(2)11(13)12(10)14;1-3-6-13-8-5-4-7(2)9(11)10(8)12;;;;/h3*4-5,9-12H,3,6-8H2,1-2H3;3,7-10H,1,4-6H2,2H3;4*1H2/b3*5-4-;;;;;. The molecule has 62 heavy (non-hydrogen) atoms. The van der Waals surface area contributed by atoms with Gasteiger partial charge in [0.1, 0.15) is 24.7 Å². The van der Waals surface area contributed by atoms with E-state index in [4.69, 9.17) is 18.9 Å². The lowest BCUT2D eigenvalue weighted by Gasteiger charge is -2.32. The highest BCUT2D eigenvalue weighted by atomic mass is 19.2. The fourth-order valence-corrected chi connectivity index (χ4v) is 7.19. The number of hydrogen-bond donors (Lipinski definition) is 0. The molecule has 0 aliphatic heterocycles. The average Bonchev–Trinajstić information content (AvgIpc) is 3.22. The summed E-state index contributed by atoms with van der Waals surface area (Å²) in [6, 6.07) is 0. The molecule has 372 valence electrons. The van der Waals surface area contributed by atoms with E-state index in [1.54, 1.807) is 33.8 Å². The Balaban J connectivity index is -0.000000355. The van der Waals surface area contributed by atoms with Gasteiger partial charge in [0.15, 0.2) is 24.7 Å². The zero-order chi connectivity index (χ0) is 43.6. The molecular formula is C46H84F8O8. The number of allylic oxidation sites excluding steroid dienone is 3. The molecule has 0 amide bonds. The molecule has 0 saturated heterocycles. The molecule has 16 unspecified atom stereocenters. The van der Waals surface area contributed by atoms with Crippen LogP contribution in [0.25, 0.3) is 0 Å². The lowest BCUT2D eigenvalue weighted by Crippen LogP contribution is -2.41. The average molecular weight is 917 g/mol. The van der Waals surface area contributed by atoms with E-state index in [9.17, 15) is 35.1 Å². The summed E-state index contributed by atoms with van der Waals surface area (Å²) >= 11 is 0. The van der Waals surface area contributed by atoms with Crippen LogP contribution in [0, 0.1) is 23.7 Å². The molecule has 8 N–H and O–H groups in total. The third-order valence-electron chi connectivity index (χ3n) is 11.3. The molecule has 16 atom stereocenters. The van der Waals surface area contributed by atoms with Gasteiger partial charge in [-0.25, -0.2) is 35.1 Å². The fourth-order valence-electron chi connectivity index (χ4n) is 7.19. The Bertz CT molecular complexity index is 1040. The first-order chi connectivity index (χ1) is 27.7. The minimum Gasteiger partial charge on any atom is -0.412 e. The van der Waals surface area contributed by atoms with Crippen molar-refractivity contribution >= 4 is 0 Å². The van der Waals surface area contributed by atoms with E-state index in [0.717, 1.165) is 19.3 Å². The first kappa shape index (κ1) is 66.7. The molecule has 0 aromatic rings. The molecule has 8 nitrogen and oxygen atoms in total. The second-order valence-electron chi connectivity index (χ2n) is 16.2. The van der Waals surface area contributed by atoms with Crippen molar-refractivity contribution in [1.82, 2.24) is 0 Å². The van der Waals surface area contributed by atoms with Gasteiger partial charge in [0, 0.05) is 0 Å². The van der Waals surface area contributed by atoms with Crippen LogP contribution in [0.3, 0.4) is 0 Å². The van der Waals surface area contributed by atoms with Gasteiger partial charge >= 0.3 is 0 Å². The predicted molar refractivity (Wildman–Crippen MR) is 235 cm³/mol. The number of halogens is 8. The van der Waals surface area contributed by atoms with Crippen molar-refractivity contribution in [3.8, 4) is 0 Å². The Hall–Kier alpha value is -1.92. The SMILES string of the molecule is C=CCOC1CCC(C)C(F)C1F.CC/C=C\COC1CCC(C)C(F)C1F.CC/C=C\COC1CCC(C)C(F)C1F.CC/C=C\COC1CCC(C)C(F)C1F.O.O.O.O. The van der Waals surface area contributed by atoms with E-state index in [1.165, 1.54) is 0 Å². The summed E-state index contributed by atoms with van der Waals surface area (Å²) in [7, 11) is 0. The topological polar surface area (TPSA) is 163 Å². The molecule has 4 rings (SSSR count). The molecule has 0 bridgehead atoms. The highest BCUT2D eigenvalue weighted by molar-refractivity contribution is 4.91. The van der Waals surface area contributed by atoms with Crippen LogP contribution in [-0.4, -0.2) is 122 Å². The van der Waals surface area contributed by atoms with Crippen LogP contribution in [0.5, 0.6) is 0 Å². The zero-order valence-electron chi connectivity index (χ0n) is 38.2. The lowest BCUT2D eigenvalue weighted by atomic mass is 9.85. The molecule has 4 aliphatic carbocycles. The van der Waals surface area contributed by atoms with E-state index in [1.807, 2.05) is 57.2 Å². The summed E-state index contributed by atoms with van der Waals surface area (Å²) in [5.41, 5.74) is 0. The molecule has 0 aromatic carbocycles. The summed E-state index contributed by atoms with van der Waals surface area (Å²) in [4.78, 5) is 0. The molecule has 4 fully saturated rings. The van der Waals surface area contributed by atoms with Crippen LogP contribution in [0.2, 0.25) is 0 Å². The lowest BCUT2D eigenvalue weighted by molar-refractivity contribution is -0.0631. The Kier molecular flexibility index (Phi) is 41.3. The first-order valence-electron chi connectivity index (χ1n) is 21.8. The summed E-state index contributed by atoms with van der Waals surface area (Å²) in [6.07, 6.45) is 7.62. The Morgan fingerprint density at radius 3 is 0.758 bits per heavy atom. The van der Waals surface area contributed by atoms with E-state index < -0.39 is 73.8 Å². The van der Waals surface area contributed by atoms with Gasteiger partial charge in [-0.15, -0.1) is 6.58 Å². The molecular weight excluding hydrogens is 832 g/mol. The third-order valence-corrected chi connectivity index (χ3v) is 11.3. The van der Waals surface area contributed by atoms with Gasteiger partial charge in [0.05, 0.1) is 50.8 Å². The summed E-state index contributed by atoms with van der Waals surface area (Å²) in [5.74, 6) is -0.707. The number of alkyl halides is 8. The maximum absolute atomic E-state index is 13.5. The summed E-state index contributed by atoms with van der Waals surface area (Å²) < 4.78 is 128. The van der Waals surface area contributed by atoms with Crippen molar-refractivity contribution in [3.05, 3.63) is 49.1 Å². The van der Waals surface area contributed by atoms with Crippen molar-refractivity contribution in [2.75, 3.05) is 26.4 Å². The maximum Gasteiger partial charge on any atom is 0.157 e. The summed E-state index contributed by atoms with van der Waals surface area (Å²) in [6.45, 7) is 18.0. The quantitative estimate of drug-likeness (QED) is 0.118. The minimum atomic E-state index is -1.47. The van der Waals surface area contributed by atoms with Gasteiger partial charge in [-0.2, -0.15) is 0 Å². The van der Waals surface area contributed by atoms with Crippen LogP contribution >= 0.6 is 0 Å². The molecule has 16 heteroatoms. The van der Waals surface area contributed by atoms with Crippen molar-refractivity contribution in [3.63, 3.8) is 0 Å². The van der Waals surface area contributed by atoms with E-state index >= 15 is 0 Å². The van der Waals surface area contributed by atoms with Crippen molar-refractivity contribution in [2.24, 2.45) is 23.7 Å². The van der Waals surface area contributed by atoms with Gasteiger partial charge < -0.3 is 40.9 Å². The summed E-state index contributed by atoms with van der Waals surface area (Å²) in [5, 5.41) is 0. The second kappa shape index (κ2) is 38.4. The Morgan fingerprint density at radius 1 is 0.355 bits per heavy atom. The number of ether oxygens (including phenoxy) is 4. The second-order valence-corrected chi connectivity index (χ2v) is 16.2. The van der Waals surface area contributed by atoms with Gasteiger partial charge in [0.2, 0.25) is 0 Å². The normalized spacial score (nSPS) is 35.5. The van der Waals surface area contributed by atoms with Crippen molar-refractivity contribution in [1.29, 1.82) is 0 Å². The molecule has 4 saturated carbocycles. The fraction of sp³-hybridized carbons (Fsp3) is 0.826. The van der Waals surface area contributed by atoms with E-state index in [-0.39, 0.29) is 45.6 Å². The predicted octanol–water partition coefficient (Wildman–Crippen LogP) is 9.70. The number of hydrogen-bond acceptors (Lipinski definition) is 4. The monoisotopic (exact) mass is 917 g/mol.